The van der Waals surface area contributed by atoms with E-state index in [1.165, 1.54) is 6.42 Å². The van der Waals surface area contributed by atoms with Crippen LogP contribution >= 0.6 is 0 Å². The number of para-hydroxylation sites is 1. The number of benzene rings is 1. The lowest BCUT2D eigenvalue weighted by Gasteiger charge is -2.56. The maximum atomic E-state index is 13.1. The number of ether oxygens (including phenoxy) is 1. The Hall–Kier alpha value is -2.08. The lowest BCUT2D eigenvalue weighted by atomic mass is 9.51. The number of hydrogen-bond acceptors (Lipinski definition) is 4. The van der Waals surface area contributed by atoms with Gasteiger partial charge in [0.1, 0.15) is 5.75 Å². The van der Waals surface area contributed by atoms with Crippen LogP contribution in [0.4, 0.5) is 0 Å². The molecule has 3 fully saturated rings. The maximum Gasteiger partial charge on any atom is 0.223 e. The molecule has 7 atom stereocenters. The molecule has 6 heteroatoms. The zero-order chi connectivity index (χ0) is 25.9. The zero-order valence-electron chi connectivity index (χ0n) is 22.6. The number of fused-ring (bicyclic) bond motifs is 1. The molecule has 0 heterocycles. The van der Waals surface area contributed by atoms with Crippen LogP contribution in [0.25, 0.3) is 0 Å². The molecular weight excluding hydrogens is 452 g/mol. The van der Waals surface area contributed by atoms with Gasteiger partial charge in [-0.05, 0) is 67.8 Å². The molecule has 1 aromatic rings. The highest BCUT2D eigenvalue weighted by Crippen LogP contribution is 2.55. The molecule has 0 radical (unpaired) electrons. The fourth-order valence-corrected chi connectivity index (χ4v) is 7.55. The molecule has 0 bridgehead atoms. The van der Waals surface area contributed by atoms with E-state index >= 15 is 0 Å². The average Bonchev–Trinajstić information content (AvgIpc) is 2.89. The summed E-state index contributed by atoms with van der Waals surface area (Å²) in [5.41, 5.74) is 0.990. The molecule has 0 aromatic heterocycles. The first kappa shape index (κ1) is 27.0. The second-order valence-electron chi connectivity index (χ2n) is 12.0. The summed E-state index contributed by atoms with van der Waals surface area (Å²) in [5, 5.41) is 18.1. The van der Waals surface area contributed by atoms with Gasteiger partial charge >= 0.3 is 0 Å². The molecule has 7 unspecified atom stereocenters. The molecule has 3 aliphatic carbocycles. The molecule has 200 valence electrons. The van der Waals surface area contributed by atoms with Crippen LogP contribution in [-0.4, -0.2) is 36.2 Å². The Balaban J connectivity index is 1.39. The molecule has 3 N–H and O–H groups in total. The number of hydrogen-bond donors (Lipinski definition) is 3. The third-order valence-electron chi connectivity index (χ3n) is 9.89. The fourth-order valence-electron chi connectivity index (χ4n) is 7.55. The van der Waals surface area contributed by atoms with Crippen LogP contribution in [0.5, 0.6) is 5.75 Å². The van der Waals surface area contributed by atoms with Crippen LogP contribution in [0.2, 0.25) is 0 Å². The molecule has 3 aliphatic rings. The summed E-state index contributed by atoms with van der Waals surface area (Å²) < 4.78 is 5.41. The minimum absolute atomic E-state index is 0.0285. The topological polar surface area (TPSA) is 87.7 Å². The van der Waals surface area contributed by atoms with Gasteiger partial charge in [0.2, 0.25) is 11.8 Å². The van der Waals surface area contributed by atoms with E-state index in [4.69, 9.17) is 4.74 Å². The molecule has 0 aliphatic heterocycles. The van der Waals surface area contributed by atoms with Gasteiger partial charge in [0, 0.05) is 30.0 Å². The van der Waals surface area contributed by atoms with Gasteiger partial charge in [-0.15, -0.1) is 0 Å². The maximum absolute atomic E-state index is 13.1. The van der Waals surface area contributed by atoms with Crippen molar-refractivity contribution in [3.63, 3.8) is 0 Å². The lowest BCUT2D eigenvalue weighted by molar-refractivity contribution is -0.144. The third kappa shape index (κ3) is 5.58. The second-order valence-corrected chi connectivity index (χ2v) is 12.0. The predicted molar refractivity (Wildman–Crippen MR) is 141 cm³/mol. The van der Waals surface area contributed by atoms with Gasteiger partial charge < -0.3 is 20.5 Å². The molecule has 36 heavy (non-hydrogen) atoms. The van der Waals surface area contributed by atoms with E-state index < -0.39 is 6.10 Å². The Bertz CT molecular complexity index is 914. The number of aliphatic hydroxyl groups excluding tert-OH is 1. The van der Waals surface area contributed by atoms with Crippen molar-refractivity contribution in [3.05, 3.63) is 29.8 Å². The van der Waals surface area contributed by atoms with Crippen molar-refractivity contribution in [1.82, 2.24) is 10.6 Å². The second kappa shape index (κ2) is 11.5. The summed E-state index contributed by atoms with van der Waals surface area (Å²) in [6.07, 6.45) is 8.82. The summed E-state index contributed by atoms with van der Waals surface area (Å²) in [5.74, 6) is 0.968. The summed E-state index contributed by atoms with van der Waals surface area (Å²) in [6.45, 7) is 6.86. The number of carbonyl (C=O) groups excluding carboxylic acids is 2. The van der Waals surface area contributed by atoms with E-state index in [2.05, 4.69) is 24.5 Å². The first-order valence-electron chi connectivity index (χ1n) is 14.1. The number of amides is 2. The molecular formula is C30H46N2O4. The summed E-state index contributed by atoms with van der Waals surface area (Å²) in [4.78, 5) is 26.1. The number of nitrogens with one attached hydrogen (secondary N) is 2. The Morgan fingerprint density at radius 1 is 1.11 bits per heavy atom. The van der Waals surface area contributed by atoms with Crippen LogP contribution in [0.1, 0.15) is 84.1 Å². The van der Waals surface area contributed by atoms with Gasteiger partial charge in [0.25, 0.3) is 0 Å². The van der Waals surface area contributed by atoms with E-state index in [1.807, 2.05) is 31.2 Å². The normalized spacial score (nSPS) is 33.8. The number of rotatable bonds is 7. The molecule has 2 amide bonds. The quantitative estimate of drug-likeness (QED) is 0.502. The third-order valence-corrected chi connectivity index (χ3v) is 9.89. The van der Waals surface area contributed by atoms with Crippen molar-refractivity contribution >= 4 is 11.8 Å². The van der Waals surface area contributed by atoms with E-state index in [0.717, 1.165) is 62.7 Å². The van der Waals surface area contributed by atoms with Gasteiger partial charge in [-0.25, -0.2) is 0 Å². The largest absolute Gasteiger partial charge is 0.496 e. The van der Waals surface area contributed by atoms with E-state index in [1.54, 1.807) is 7.11 Å². The van der Waals surface area contributed by atoms with Crippen LogP contribution < -0.4 is 15.4 Å². The zero-order valence-corrected chi connectivity index (χ0v) is 22.6. The van der Waals surface area contributed by atoms with Crippen LogP contribution in [0, 0.1) is 35.0 Å². The highest BCUT2D eigenvalue weighted by atomic mass is 16.5. The van der Waals surface area contributed by atoms with Crippen LogP contribution in [0.3, 0.4) is 0 Å². The molecule has 0 spiro atoms. The Morgan fingerprint density at radius 3 is 2.53 bits per heavy atom. The van der Waals surface area contributed by atoms with Crippen LogP contribution in [-0.2, 0) is 16.1 Å². The van der Waals surface area contributed by atoms with Crippen LogP contribution in [0.15, 0.2) is 24.3 Å². The van der Waals surface area contributed by atoms with E-state index in [0.29, 0.717) is 6.54 Å². The monoisotopic (exact) mass is 498 g/mol. The van der Waals surface area contributed by atoms with Crippen molar-refractivity contribution < 1.29 is 19.4 Å². The lowest BCUT2D eigenvalue weighted by Crippen LogP contribution is -2.59. The predicted octanol–water partition coefficient (Wildman–Crippen LogP) is 4.84. The first-order valence-corrected chi connectivity index (χ1v) is 14.1. The van der Waals surface area contributed by atoms with Gasteiger partial charge in [0.05, 0.1) is 13.2 Å². The summed E-state index contributed by atoms with van der Waals surface area (Å²) in [7, 11) is 1.63. The Labute approximate surface area is 217 Å². The number of methoxy groups -OCH3 is 1. The molecule has 3 saturated carbocycles. The van der Waals surface area contributed by atoms with Crippen molar-refractivity contribution in [3.8, 4) is 5.75 Å². The summed E-state index contributed by atoms with van der Waals surface area (Å²) in [6, 6.07) is 7.80. The minimum atomic E-state index is -0.555. The van der Waals surface area contributed by atoms with Gasteiger partial charge in [-0.2, -0.15) is 0 Å². The van der Waals surface area contributed by atoms with E-state index in [9.17, 15) is 14.7 Å². The Morgan fingerprint density at radius 2 is 1.81 bits per heavy atom. The summed E-state index contributed by atoms with van der Waals surface area (Å²) >= 11 is 0. The minimum Gasteiger partial charge on any atom is -0.496 e. The standard InChI is InChI=1S/C30H46N2O4/c1-19(28(34)31-18-22-12-8-9-13-25(22)36-4)23-14-16-30(3)17-15-24(20(2)26(30)27(23)33)32-29(35)21-10-6-5-7-11-21/h8-9,12-13,19-21,23-24,26-27,33H,5-7,10-11,14-18H2,1-4H3,(H,31,34)(H,32,35). The number of carbonyl (C=O) groups is 2. The molecule has 6 nitrogen and oxygen atoms in total. The highest BCUT2D eigenvalue weighted by Gasteiger charge is 2.54. The van der Waals surface area contributed by atoms with Crippen molar-refractivity contribution in [2.24, 2.45) is 35.0 Å². The average molecular weight is 499 g/mol. The van der Waals surface area contributed by atoms with Crippen molar-refractivity contribution in [1.29, 1.82) is 0 Å². The highest BCUT2D eigenvalue weighted by molar-refractivity contribution is 5.79. The fraction of sp³-hybridized carbons (Fsp3) is 0.733. The number of aliphatic hydroxyl groups is 1. The molecule has 0 saturated heterocycles. The smallest absolute Gasteiger partial charge is 0.223 e. The molecule has 1 aromatic carbocycles. The van der Waals surface area contributed by atoms with Gasteiger partial charge in [-0.3, -0.25) is 9.59 Å². The Kier molecular flexibility index (Phi) is 8.64. The van der Waals surface area contributed by atoms with Crippen molar-refractivity contribution in [2.75, 3.05) is 7.11 Å². The SMILES string of the molecule is COc1ccccc1CNC(=O)C(C)C1CCC2(C)CCC(NC(=O)C3CCCCC3)C(C)C2C1O. The van der Waals surface area contributed by atoms with E-state index in [-0.39, 0.29) is 52.9 Å². The van der Waals surface area contributed by atoms with Crippen molar-refractivity contribution in [2.45, 2.75) is 97.2 Å². The first-order chi connectivity index (χ1) is 17.2. The molecule has 4 rings (SSSR count). The van der Waals surface area contributed by atoms with Gasteiger partial charge in [0.15, 0.2) is 0 Å². The van der Waals surface area contributed by atoms with Gasteiger partial charge in [-0.1, -0.05) is 58.2 Å².